The van der Waals surface area contributed by atoms with Crippen LogP contribution in [0.1, 0.15) is 27.4 Å². The molecular formula is C21H19ClN2O5. The van der Waals surface area contributed by atoms with E-state index in [9.17, 15) is 14.4 Å². The van der Waals surface area contributed by atoms with Crippen molar-refractivity contribution in [2.24, 2.45) is 0 Å². The molecule has 1 atom stereocenters. The number of carbonyl (C=O) groups is 2. The lowest BCUT2D eigenvalue weighted by molar-refractivity contribution is -0.123. The average Bonchev–Trinajstić information content (AvgIpc) is 2.70. The second-order valence-corrected chi connectivity index (χ2v) is 6.92. The Labute approximate surface area is 171 Å². The Morgan fingerprint density at radius 1 is 1.21 bits per heavy atom. The summed E-state index contributed by atoms with van der Waals surface area (Å²) in [7, 11) is 1.53. The van der Waals surface area contributed by atoms with Crippen LogP contribution in [0.25, 0.3) is 10.9 Å². The number of methoxy groups -OCH3 is 1. The summed E-state index contributed by atoms with van der Waals surface area (Å²) in [5.41, 5.74) is 0.717. The van der Waals surface area contributed by atoms with E-state index in [0.29, 0.717) is 21.5 Å². The second-order valence-electron chi connectivity index (χ2n) is 6.48. The number of H-pyrrole nitrogens is 1. The van der Waals surface area contributed by atoms with Gasteiger partial charge in [0.15, 0.2) is 0 Å². The van der Waals surface area contributed by atoms with Gasteiger partial charge in [-0.05, 0) is 29.3 Å². The Balaban J connectivity index is 1.89. The molecule has 0 spiro atoms. The standard InChI is InChI=1S/C21H19ClN2O5/c1-29-11-17(12-5-3-2-4-6-12)19(25)23-10-14-8-15(22)7-13-9-16(21(27)28)20(26)24-18(13)14/h2-9,17H,10-11H2,1H3,(H,23,25)(H,24,26)(H,27,28). The molecule has 0 aliphatic carbocycles. The number of carboxylic acids is 1. The molecule has 1 amide bonds. The lowest BCUT2D eigenvalue weighted by Gasteiger charge is -2.17. The normalized spacial score (nSPS) is 11.9. The Bertz CT molecular complexity index is 1110. The largest absolute Gasteiger partial charge is 0.477 e. The summed E-state index contributed by atoms with van der Waals surface area (Å²) in [6, 6.07) is 13.7. The molecule has 3 aromatic rings. The smallest absolute Gasteiger partial charge is 0.341 e. The van der Waals surface area contributed by atoms with Crippen molar-refractivity contribution in [1.29, 1.82) is 0 Å². The van der Waals surface area contributed by atoms with Crippen LogP contribution in [-0.4, -0.2) is 35.7 Å². The van der Waals surface area contributed by atoms with Crippen molar-refractivity contribution in [3.8, 4) is 0 Å². The number of carbonyl (C=O) groups excluding carboxylic acids is 1. The monoisotopic (exact) mass is 414 g/mol. The van der Waals surface area contributed by atoms with Gasteiger partial charge in [0.2, 0.25) is 5.91 Å². The van der Waals surface area contributed by atoms with E-state index in [2.05, 4.69) is 10.3 Å². The zero-order valence-electron chi connectivity index (χ0n) is 15.6. The number of rotatable bonds is 7. The van der Waals surface area contributed by atoms with Crippen LogP contribution >= 0.6 is 11.6 Å². The van der Waals surface area contributed by atoms with Crippen molar-refractivity contribution in [2.45, 2.75) is 12.5 Å². The van der Waals surface area contributed by atoms with Crippen LogP contribution in [0.4, 0.5) is 0 Å². The number of aromatic nitrogens is 1. The zero-order valence-corrected chi connectivity index (χ0v) is 16.3. The van der Waals surface area contributed by atoms with Gasteiger partial charge in [0.1, 0.15) is 5.56 Å². The number of pyridine rings is 1. The number of aromatic amines is 1. The van der Waals surface area contributed by atoms with Crippen molar-refractivity contribution >= 4 is 34.4 Å². The Morgan fingerprint density at radius 2 is 1.93 bits per heavy atom. The zero-order chi connectivity index (χ0) is 21.0. The molecule has 7 nitrogen and oxygen atoms in total. The van der Waals surface area contributed by atoms with Crippen LogP contribution in [0.3, 0.4) is 0 Å². The number of hydrogen-bond donors (Lipinski definition) is 3. The molecule has 3 N–H and O–H groups in total. The Kier molecular flexibility index (Phi) is 6.31. The van der Waals surface area contributed by atoms with Gasteiger partial charge in [0.25, 0.3) is 5.56 Å². The van der Waals surface area contributed by atoms with Crippen molar-refractivity contribution in [3.05, 3.63) is 80.6 Å². The van der Waals surface area contributed by atoms with Gasteiger partial charge in [0.05, 0.1) is 18.0 Å². The van der Waals surface area contributed by atoms with E-state index < -0.39 is 17.4 Å². The van der Waals surface area contributed by atoms with Crippen molar-refractivity contribution in [1.82, 2.24) is 10.3 Å². The third kappa shape index (κ3) is 4.64. The molecule has 0 saturated carbocycles. The van der Waals surface area contributed by atoms with Crippen molar-refractivity contribution in [3.63, 3.8) is 0 Å². The number of ether oxygens (including phenoxy) is 1. The summed E-state index contributed by atoms with van der Waals surface area (Å²) >= 11 is 6.15. The fourth-order valence-corrected chi connectivity index (χ4v) is 3.38. The molecule has 150 valence electrons. The highest BCUT2D eigenvalue weighted by Crippen LogP contribution is 2.23. The number of amides is 1. The van der Waals surface area contributed by atoms with Crippen LogP contribution in [0.5, 0.6) is 0 Å². The quantitative estimate of drug-likeness (QED) is 0.550. The van der Waals surface area contributed by atoms with Crippen LogP contribution in [0, 0.1) is 0 Å². The van der Waals surface area contributed by atoms with Crippen molar-refractivity contribution in [2.75, 3.05) is 13.7 Å². The molecule has 0 saturated heterocycles. The number of nitrogens with one attached hydrogen (secondary N) is 2. The van der Waals surface area contributed by atoms with Crippen LogP contribution < -0.4 is 10.9 Å². The number of benzene rings is 2. The van der Waals surface area contributed by atoms with Crippen molar-refractivity contribution < 1.29 is 19.4 Å². The molecule has 1 unspecified atom stereocenters. The summed E-state index contributed by atoms with van der Waals surface area (Å²) in [5.74, 6) is -2.06. The molecule has 1 heterocycles. The molecule has 0 radical (unpaired) electrons. The summed E-state index contributed by atoms with van der Waals surface area (Å²) in [6.07, 6.45) is 0. The van der Waals surface area contributed by atoms with Gasteiger partial charge in [-0.2, -0.15) is 0 Å². The van der Waals surface area contributed by atoms with Gasteiger partial charge in [-0.1, -0.05) is 41.9 Å². The molecule has 0 aliphatic rings. The predicted molar refractivity (Wildman–Crippen MR) is 109 cm³/mol. The first-order valence-electron chi connectivity index (χ1n) is 8.81. The van der Waals surface area contributed by atoms with E-state index in [1.165, 1.54) is 13.2 Å². The lowest BCUT2D eigenvalue weighted by Crippen LogP contribution is -2.31. The number of fused-ring (bicyclic) bond motifs is 1. The highest BCUT2D eigenvalue weighted by molar-refractivity contribution is 6.31. The minimum absolute atomic E-state index is 0.102. The number of halogens is 1. The highest BCUT2D eigenvalue weighted by atomic mass is 35.5. The van der Waals surface area contributed by atoms with E-state index in [1.807, 2.05) is 30.3 Å². The van der Waals surface area contributed by atoms with Gasteiger partial charge in [-0.15, -0.1) is 0 Å². The van der Waals surface area contributed by atoms with Crippen LogP contribution in [0.15, 0.2) is 53.3 Å². The summed E-state index contributed by atoms with van der Waals surface area (Å²) in [4.78, 5) is 38.6. The summed E-state index contributed by atoms with van der Waals surface area (Å²) < 4.78 is 5.19. The molecule has 0 fully saturated rings. The first kappa shape index (κ1) is 20.6. The maximum atomic E-state index is 12.8. The molecule has 1 aromatic heterocycles. The highest BCUT2D eigenvalue weighted by Gasteiger charge is 2.21. The summed E-state index contributed by atoms with van der Waals surface area (Å²) in [6.45, 7) is 0.316. The fraction of sp³-hybridized carbons (Fsp3) is 0.190. The number of carboxylic acid groups (broad SMARTS) is 1. The maximum absolute atomic E-state index is 12.8. The van der Waals surface area contributed by atoms with E-state index in [1.54, 1.807) is 12.1 Å². The molecule has 29 heavy (non-hydrogen) atoms. The molecule has 0 bridgehead atoms. The van der Waals surface area contributed by atoms with Gasteiger partial charge in [0, 0.05) is 24.1 Å². The average molecular weight is 415 g/mol. The molecule has 3 rings (SSSR count). The van der Waals surface area contributed by atoms with Gasteiger partial charge < -0.3 is 20.1 Å². The maximum Gasteiger partial charge on any atom is 0.341 e. The molecule has 8 heteroatoms. The predicted octanol–water partition coefficient (Wildman–Crippen LogP) is 2.93. The third-order valence-electron chi connectivity index (χ3n) is 4.53. The van der Waals surface area contributed by atoms with Gasteiger partial charge >= 0.3 is 5.97 Å². The second kappa shape index (κ2) is 8.89. The van der Waals surface area contributed by atoms with E-state index >= 15 is 0 Å². The first-order valence-corrected chi connectivity index (χ1v) is 9.19. The number of hydrogen-bond acceptors (Lipinski definition) is 4. The number of aromatic carboxylic acids is 1. The minimum atomic E-state index is -1.33. The lowest BCUT2D eigenvalue weighted by atomic mass is 9.99. The van der Waals surface area contributed by atoms with Crippen LogP contribution in [-0.2, 0) is 16.1 Å². The first-order chi connectivity index (χ1) is 13.9. The SMILES string of the molecule is COCC(C(=O)NCc1cc(Cl)cc2cc(C(=O)O)c(=O)[nH]c12)c1ccccc1. The third-order valence-corrected chi connectivity index (χ3v) is 4.75. The Hall–Kier alpha value is -3.16. The van der Waals surface area contributed by atoms with Gasteiger partial charge in [-0.3, -0.25) is 9.59 Å². The van der Waals surface area contributed by atoms with E-state index in [4.69, 9.17) is 21.4 Å². The fourth-order valence-electron chi connectivity index (χ4n) is 3.13. The Morgan fingerprint density at radius 3 is 2.59 bits per heavy atom. The van der Waals surface area contributed by atoms with Gasteiger partial charge in [-0.25, -0.2) is 4.79 Å². The molecule has 2 aromatic carbocycles. The molecular weight excluding hydrogens is 396 g/mol. The van der Waals surface area contributed by atoms with E-state index in [-0.39, 0.29) is 24.6 Å². The topological polar surface area (TPSA) is 108 Å². The summed E-state index contributed by atoms with van der Waals surface area (Å²) in [5, 5.41) is 12.8. The van der Waals surface area contributed by atoms with Crippen LogP contribution in [0.2, 0.25) is 5.02 Å². The van der Waals surface area contributed by atoms with E-state index in [0.717, 1.165) is 5.56 Å². The minimum Gasteiger partial charge on any atom is -0.477 e. The molecule has 0 aliphatic heterocycles.